The topological polar surface area (TPSA) is 12.0 Å². The Morgan fingerprint density at radius 3 is 2.64 bits per heavy atom. The Balaban J connectivity index is 0.000000461. The minimum absolute atomic E-state index is 0.758. The van der Waals surface area contributed by atoms with Crippen LogP contribution >= 0.6 is 27.9 Å². The fraction of sp³-hybridized carbons (Fsp3) is 0.455. The molecule has 0 saturated heterocycles. The summed E-state index contributed by atoms with van der Waals surface area (Å²) in [5.74, 6) is 0. The fourth-order valence-electron chi connectivity index (χ4n) is 0.883. The maximum atomic E-state index is 3.44. The SMILES string of the molecule is Brc1cccc(SNC2CC2)c1.CC. The van der Waals surface area contributed by atoms with Gasteiger partial charge in [-0.15, -0.1) is 0 Å². The van der Waals surface area contributed by atoms with E-state index in [4.69, 9.17) is 0 Å². The van der Waals surface area contributed by atoms with Crippen LogP contribution in [0.3, 0.4) is 0 Å². The lowest BCUT2D eigenvalue weighted by molar-refractivity contribution is 0.969. The molecule has 0 amide bonds. The van der Waals surface area contributed by atoms with Gasteiger partial charge >= 0.3 is 0 Å². The molecule has 0 radical (unpaired) electrons. The van der Waals surface area contributed by atoms with Crippen LogP contribution in [0.1, 0.15) is 26.7 Å². The number of benzene rings is 1. The van der Waals surface area contributed by atoms with E-state index < -0.39 is 0 Å². The summed E-state index contributed by atoms with van der Waals surface area (Å²) in [6, 6.07) is 9.10. The van der Waals surface area contributed by atoms with Gasteiger partial charge in [0.1, 0.15) is 0 Å². The van der Waals surface area contributed by atoms with Crippen molar-refractivity contribution in [3.05, 3.63) is 28.7 Å². The largest absolute Gasteiger partial charge is 0.257 e. The zero-order valence-electron chi connectivity index (χ0n) is 8.59. The van der Waals surface area contributed by atoms with Crippen molar-refractivity contribution in [3.63, 3.8) is 0 Å². The molecule has 1 nitrogen and oxygen atoms in total. The molecule has 1 aromatic rings. The molecule has 1 saturated carbocycles. The number of halogens is 1. The first-order valence-electron chi connectivity index (χ1n) is 5.02. The summed E-state index contributed by atoms with van der Waals surface area (Å²) < 4.78 is 4.54. The normalized spacial score (nSPS) is 14.5. The first-order chi connectivity index (χ1) is 6.84. The van der Waals surface area contributed by atoms with Gasteiger partial charge in [-0.2, -0.15) is 0 Å². The quantitative estimate of drug-likeness (QED) is 0.828. The van der Waals surface area contributed by atoms with Crippen molar-refractivity contribution in [1.29, 1.82) is 0 Å². The average molecular weight is 274 g/mol. The van der Waals surface area contributed by atoms with Gasteiger partial charge in [0.25, 0.3) is 0 Å². The zero-order chi connectivity index (χ0) is 10.4. The highest BCUT2D eigenvalue weighted by atomic mass is 79.9. The molecule has 2 rings (SSSR count). The molecule has 0 heterocycles. The second-order valence-corrected chi connectivity index (χ2v) is 4.78. The lowest BCUT2D eigenvalue weighted by Gasteiger charge is -2.01. The maximum Gasteiger partial charge on any atom is 0.0239 e. The van der Waals surface area contributed by atoms with Gasteiger partial charge in [0, 0.05) is 15.4 Å². The lowest BCUT2D eigenvalue weighted by atomic mass is 10.4. The standard InChI is InChI=1S/C9H10BrNS.C2H6/c10-7-2-1-3-9(6-7)12-11-8-4-5-8;1-2/h1-3,6,8,11H,4-5H2;1-2H3. The van der Waals surface area contributed by atoms with E-state index in [0.29, 0.717) is 0 Å². The van der Waals surface area contributed by atoms with Crippen molar-refractivity contribution in [1.82, 2.24) is 4.72 Å². The molecular formula is C11H16BrNS. The molecule has 1 fully saturated rings. The summed E-state index contributed by atoms with van der Waals surface area (Å²) in [6.07, 6.45) is 2.67. The van der Waals surface area contributed by atoms with Crippen molar-refractivity contribution in [2.24, 2.45) is 0 Å². The van der Waals surface area contributed by atoms with E-state index in [0.717, 1.165) is 10.5 Å². The molecule has 3 heteroatoms. The van der Waals surface area contributed by atoms with Crippen molar-refractivity contribution in [2.45, 2.75) is 37.6 Å². The van der Waals surface area contributed by atoms with Crippen LogP contribution in [0, 0.1) is 0 Å². The van der Waals surface area contributed by atoms with Crippen LogP contribution in [0.5, 0.6) is 0 Å². The van der Waals surface area contributed by atoms with Crippen LogP contribution in [0.4, 0.5) is 0 Å². The van der Waals surface area contributed by atoms with Crippen LogP contribution in [0.2, 0.25) is 0 Å². The van der Waals surface area contributed by atoms with Gasteiger partial charge in [-0.1, -0.05) is 35.8 Å². The third kappa shape index (κ3) is 4.49. The Morgan fingerprint density at radius 1 is 1.36 bits per heavy atom. The van der Waals surface area contributed by atoms with Crippen LogP contribution in [-0.2, 0) is 0 Å². The van der Waals surface area contributed by atoms with Crippen molar-refractivity contribution < 1.29 is 0 Å². The molecule has 1 aliphatic carbocycles. The van der Waals surface area contributed by atoms with E-state index in [1.807, 2.05) is 19.9 Å². The first-order valence-corrected chi connectivity index (χ1v) is 6.63. The maximum absolute atomic E-state index is 3.44. The minimum Gasteiger partial charge on any atom is -0.257 e. The Hall–Kier alpha value is 0.01000. The Kier molecular flexibility index (Phi) is 5.60. The Morgan fingerprint density at radius 2 is 2.07 bits per heavy atom. The van der Waals surface area contributed by atoms with Crippen molar-refractivity contribution in [3.8, 4) is 0 Å². The molecule has 0 unspecified atom stereocenters. The smallest absolute Gasteiger partial charge is 0.0239 e. The van der Waals surface area contributed by atoms with Crippen LogP contribution in [0.15, 0.2) is 33.6 Å². The molecule has 1 aromatic carbocycles. The van der Waals surface area contributed by atoms with Crippen LogP contribution in [-0.4, -0.2) is 6.04 Å². The molecule has 78 valence electrons. The van der Waals surface area contributed by atoms with E-state index in [-0.39, 0.29) is 0 Å². The van der Waals surface area contributed by atoms with Gasteiger partial charge < -0.3 is 0 Å². The van der Waals surface area contributed by atoms with Gasteiger partial charge in [0.05, 0.1) is 0 Å². The van der Waals surface area contributed by atoms with Gasteiger partial charge in [0.15, 0.2) is 0 Å². The molecule has 14 heavy (non-hydrogen) atoms. The molecule has 0 bridgehead atoms. The number of hydrogen-bond donors (Lipinski definition) is 1. The first kappa shape index (κ1) is 12.1. The highest BCUT2D eigenvalue weighted by Crippen LogP contribution is 2.26. The minimum atomic E-state index is 0.758. The number of rotatable bonds is 3. The van der Waals surface area contributed by atoms with Crippen molar-refractivity contribution >= 4 is 27.9 Å². The number of hydrogen-bond acceptors (Lipinski definition) is 2. The third-order valence-electron chi connectivity index (χ3n) is 1.72. The second kappa shape index (κ2) is 6.49. The van der Waals surface area contributed by atoms with Gasteiger partial charge in [-0.3, -0.25) is 4.72 Å². The third-order valence-corrected chi connectivity index (χ3v) is 3.15. The number of nitrogens with one attached hydrogen (secondary N) is 1. The van der Waals surface area contributed by atoms with Crippen molar-refractivity contribution in [2.75, 3.05) is 0 Å². The molecule has 0 atom stereocenters. The predicted octanol–water partition coefficient (Wildman–Crippen LogP) is 4.23. The van der Waals surface area contributed by atoms with E-state index in [1.54, 1.807) is 11.9 Å². The zero-order valence-corrected chi connectivity index (χ0v) is 11.0. The van der Waals surface area contributed by atoms with Gasteiger partial charge in [-0.25, -0.2) is 0 Å². The molecule has 0 aliphatic heterocycles. The molecule has 1 N–H and O–H groups in total. The van der Waals surface area contributed by atoms with Crippen LogP contribution in [0.25, 0.3) is 0 Å². The summed E-state index contributed by atoms with van der Waals surface area (Å²) in [5, 5.41) is 0. The van der Waals surface area contributed by atoms with Gasteiger partial charge in [0.2, 0.25) is 0 Å². The summed E-state index contributed by atoms with van der Waals surface area (Å²) >= 11 is 5.17. The highest BCUT2D eigenvalue weighted by Gasteiger charge is 2.20. The summed E-state index contributed by atoms with van der Waals surface area (Å²) in [6.45, 7) is 4.00. The van der Waals surface area contributed by atoms with E-state index in [9.17, 15) is 0 Å². The lowest BCUT2D eigenvalue weighted by Crippen LogP contribution is -2.04. The predicted molar refractivity (Wildman–Crippen MR) is 67.5 cm³/mol. The van der Waals surface area contributed by atoms with E-state index in [1.165, 1.54) is 17.7 Å². The summed E-state index contributed by atoms with van der Waals surface area (Å²) in [7, 11) is 0. The molecule has 0 aromatic heterocycles. The Bertz CT molecular complexity index is 274. The van der Waals surface area contributed by atoms with Gasteiger partial charge in [-0.05, 0) is 43.0 Å². The van der Waals surface area contributed by atoms with E-state index in [2.05, 4.69) is 38.9 Å². The average Bonchev–Trinajstić information content (AvgIpc) is 3.02. The Labute approximate surface area is 98.9 Å². The molecule has 1 aliphatic rings. The summed E-state index contributed by atoms with van der Waals surface area (Å²) in [5.41, 5.74) is 0. The fourth-order valence-corrected chi connectivity index (χ4v) is 2.30. The van der Waals surface area contributed by atoms with E-state index >= 15 is 0 Å². The molecule has 0 spiro atoms. The monoisotopic (exact) mass is 273 g/mol. The second-order valence-electron chi connectivity index (χ2n) is 2.95. The van der Waals surface area contributed by atoms with Crippen LogP contribution < -0.4 is 4.72 Å². The molecular weight excluding hydrogens is 258 g/mol. The highest BCUT2D eigenvalue weighted by molar-refractivity contribution is 9.10. The summed E-state index contributed by atoms with van der Waals surface area (Å²) in [4.78, 5) is 1.27.